The molecule has 0 radical (unpaired) electrons. The van der Waals surface area contributed by atoms with E-state index in [1.54, 1.807) is 13.8 Å². The maximum atomic E-state index is 14.5. The van der Waals surface area contributed by atoms with E-state index in [4.69, 9.17) is 4.74 Å². The van der Waals surface area contributed by atoms with Crippen molar-refractivity contribution in [3.63, 3.8) is 0 Å². The number of benzene rings is 1. The molecule has 0 aliphatic heterocycles. The number of hydrogen-bond acceptors (Lipinski definition) is 5. The minimum Gasteiger partial charge on any atom is -0.428 e. The molecule has 0 saturated heterocycles. The zero-order chi connectivity index (χ0) is 21.8. The lowest BCUT2D eigenvalue weighted by atomic mass is 10.1. The first-order chi connectivity index (χ1) is 12.7. The van der Waals surface area contributed by atoms with Gasteiger partial charge in [-0.05, 0) is 44.9 Å². The molecule has 0 heterocycles. The number of alkyl halides is 4. The van der Waals surface area contributed by atoms with Gasteiger partial charge in [0.2, 0.25) is 0 Å². The molecule has 5 nitrogen and oxygen atoms in total. The Hall–Kier alpha value is -2.32. The summed E-state index contributed by atoms with van der Waals surface area (Å²) in [5.41, 5.74) is -1.27. The third-order valence-electron chi connectivity index (χ3n) is 3.65. The highest BCUT2D eigenvalue weighted by molar-refractivity contribution is 5.74. The summed E-state index contributed by atoms with van der Waals surface area (Å²) in [5, 5.41) is 0. The Bertz CT molecular complexity index is 679. The number of carbonyl (C=O) groups is 2. The molecule has 158 valence electrons. The molecule has 9 heteroatoms. The van der Waals surface area contributed by atoms with Crippen molar-refractivity contribution in [1.82, 2.24) is 0 Å². The van der Waals surface area contributed by atoms with E-state index in [1.807, 2.05) is 0 Å². The average molecular weight is 408 g/mol. The fraction of sp³-hybridized carbons (Fsp3) is 0.579. The smallest absolute Gasteiger partial charge is 0.428 e. The van der Waals surface area contributed by atoms with Crippen molar-refractivity contribution in [2.45, 2.75) is 65.1 Å². The second-order valence-corrected chi connectivity index (χ2v) is 7.34. The lowest BCUT2D eigenvalue weighted by molar-refractivity contribution is -0.317. The lowest BCUT2D eigenvalue weighted by Crippen LogP contribution is -2.47. The van der Waals surface area contributed by atoms with E-state index < -0.39 is 36.2 Å². The number of rotatable bonds is 6. The number of halogens is 4. The van der Waals surface area contributed by atoms with Crippen LogP contribution in [-0.4, -0.2) is 29.8 Å². The predicted octanol–water partition coefficient (Wildman–Crippen LogP) is 5.36. The van der Waals surface area contributed by atoms with Crippen LogP contribution in [-0.2, 0) is 20.7 Å². The van der Waals surface area contributed by atoms with Gasteiger partial charge in [-0.25, -0.2) is 4.79 Å². The summed E-state index contributed by atoms with van der Waals surface area (Å²) in [6, 6.07) is 4.77. The number of carbonyl (C=O) groups excluding carboxylic acids is 2. The summed E-state index contributed by atoms with van der Waals surface area (Å²) in [4.78, 5) is 23.3. The van der Waals surface area contributed by atoms with E-state index in [0.29, 0.717) is 6.42 Å². The molecule has 0 aliphatic carbocycles. The van der Waals surface area contributed by atoms with Gasteiger partial charge in [0.25, 0.3) is 0 Å². The van der Waals surface area contributed by atoms with Crippen molar-refractivity contribution < 1.29 is 41.4 Å². The Labute approximate surface area is 161 Å². The third-order valence-corrected chi connectivity index (χ3v) is 3.65. The Balaban J connectivity index is 2.92. The molecular formula is C19H24F4O5. The zero-order valence-corrected chi connectivity index (χ0v) is 16.4. The van der Waals surface area contributed by atoms with E-state index in [1.165, 1.54) is 32.9 Å². The first kappa shape index (κ1) is 23.7. The highest BCUT2D eigenvalue weighted by Crippen LogP contribution is 2.38. The molecular weight excluding hydrogens is 384 g/mol. The lowest BCUT2D eigenvalue weighted by Gasteiger charge is -2.29. The maximum absolute atomic E-state index is 14.5. The molecule has 0 N–H and O–H groups in total. The fourth-order valence-electron chi connectivity index (χ4n) is 1.92. The van der Waals surface area contributed by atoms with Crippen molar-refractivity contribution in [2.24, 2.45) is 5.92 Å². The van der Waals surface area contributed by atoms with Crippen LogP contribution >= 0.6 is 0 Å². The summed E-state index contributed by atoms with van der Waals surface area (Å²) in [7, 11) is 0. The summed E-state index contributed by atoms with van der Waals surface area (Å²) in [5.74, 6) is -4.99. The van der Waals surface area contributed by atoms with Gasteiger partial charge in [-0.2, -0.15) is 17.6 Å². The van der Waals surface area contributed by atoms with Crippen LogP contribution in [0.2, 0.25) is 0 Å². The predicted molar refractivity (Wildman–Crippen MR) is 92.4 cm³/mol. The van der Waals surface area contributed by atoms with Crippen LogP contribution in [0.4, 0.5) is 22.4 Å². The Morgan fingerprint density at radius 1 is 1.00 bits per heavy atom. The molecule has 0 bridgehead atoms. The van der Waals surface area contributed by atoms with Crippen LogP contribution in [0.1, 0.15) is 46.6 Å². The van der Waals surface area contributed by atoms with Gasteiger partial charge in [0.15, 0.2) is 0 Å². The minimum absolute atomic E-state index is 0.110. The molecule has 28 heavy (non-hydrogen) atoms. The van der Waals surface area contributed by atoms with Crippen molar-refractivity contribution in [2.75, 3.05) is 0 Å². The molecule has 1 aromatic carbocycles. The van der Waals surface area contributed by atoms with E-state index in [-0.39, 0.29) is 17.2 Å². The van der Waals surface area contributed by atoms with Crippen LogP contribution in [0.25, 0.3) is 0 Å². The topological polar surface area (TPSA) is 61.8 Å². The summed E-state index contributed by atoms with van der Waals surface area (Å²) < 4.78 is 67.8. The van der Waals surface area contributed by atoms with Gasteiger partial charge < -0.3 is 14.2 Å². The maximum Gasteiger partial charge on any atom is 0.511 e. The highest BCUT2D eigenvalue weighted by atomic mass is 19.4. The van der Waals surface area contributed by atoms with Crippen molar-refractivity contribution in [1.29, 1.82) is 0 Å². The average Bonchev–Trinajstić information content (AvgIpc) is 2.52. The standard InChI is InChI=1S/C19H24F4O5/c1-6-12(2)15(24)26-14-9-7-13(8-10-14)11-18(20,19(21,22)23)28-16(25)27-17(3,4)5/h7-10,12H,6,11H2,1-5H3. The normalized spacial score (nSPS) is 15.3. The van der Waals surface area contributed by atoms with Gasteiger partial charge >= 0.3 is 24.2 Å². The van der Waals surface area contributed by atoms with E-state index in [0.717, 1.165) is 12.1 Å². The van der Waals surface area contributed by atoms with Gasteiger partial charge in [-0.1, -0.05) is 26.0 Å². The monoisotopic (exact) mass is 408 g/mol. The first-order valence-corrected chi connectivity index (χ1v) is 8.65. The summed E-state index contributed by atoms with van der Waals surface area (Å²) in [6.45, 7) is 7.69. The summed E-state index contributed by atoms with van der Waals surface area (Å²) >= 11 is 0. The van der Waals surface area contributed by atoms with Gasteiger partial charge in [0.1, 0.15) is 11.4 Å². The second kappa shape index (κ2) is 8.79. The molecule has 0 amide bonds. The number of esters is 1. The molecule has 0 spiro atoms. The molecule has 2 atom stereocenters. The van der Waals surface area contributed by atoms with Crippen molar-refractivity contribution in [3.05, 3.63) is 29.8 Å². The largest absolute Gasteiger partial charge is 0.511 e. The Kier molecular flexibility index (Phi) is 7.45. The van der Waals surface area contributed by atoms with Gasteiger partial charge in [-0.15, -0.1) is 0 Å². The van der Waals surface area contributed by atoms with Crippen LogP contribution < -0.4 is 4.74 Å². The van der Waals surface area contributed by atoms with Crippen molar-refractivity contribution >= 4 is 12.1 Å². The SMILES string of the molecule is CCC(C)C(=O)Oc1ccc(CC(F)(OC(=O)OC(C)(C)C)C(F)(F)F)cc1. The first-order valence-electron chi connectivity index (χ1n) is 8.65. The van der Waals surface area contributed by atoms with Gasteiger partial charge in [0, 0.05) is 0 Å². The molecule has 0 saturated carbocycles. The van der Waals surface area contributed by atoms with Crippen LogP contribution in [0, 0.1) is 5.92 Å². The quantitative estimate of drug-likeness (QED) is 0.360. The van der Waals surface area contributed by atoms with Gasteiger partial charge in [0.05, 0.1) is 12.3 Å². The molecule has 2 unspecified atom stereocenters. The van der Waals surface area contributed by atoms with Crippen LogP contribution in [0.3, 0.4) is 0 Å². The highest BCUT2D eigenvalue weighted by Gasteiger charge is 2.60. The second-order valence-electron chi connectivity index (χ2n) is 7.34. The zero-order valence-electron chi connectivity index (χ0n) is 16.4. The van der Waals surface area contributed by atoms with E-state index >= 15 is 0 Å². The molecule has 0 fully saturated rings. The Morgan fingerprint density at radius 3 is 1.96 bits per heavy atom. The minimum atomic E-state index is -5.48. The summed E-state index contributed by atoms with van der Waals surface area (Å²) in [6.07, 6.45) is -7.97. The number of hydrogen-bond donors (Lipinski definition) is 0. The molecule has 0 aromatic heterocycles. The molecule has 0 aliphatic rings. The third kappa shape index (κ3) is 7.01. The van der Waals surface area contributed by atoms with E-state index in [2.05, 4.69) is 9.47 Å². The molecule has 1 aromatic rings. The fourth-order valence-corrected chi connectivity index (χ4v) is 1.92. The number of ether oxygens (including phenoxy) is 3. The van der Waals surface area contributed by atoms with Gasteiger partial charge in [-0.3, -0.25) is 4.79 Å². The van der Waals surface area contributed by atoms with E-state index in [9.17, 15) is 27.2 Å². The molecule has 1 rings (SSSR count). The van der Waals surface area contributed by atoms with Crippen LogP contribution in [0.5, 0.6) is 5.75 Å². The van der Waals surface area contributed by atoms with Crippen LogP contribution in [0.15, 0.2) is 24.3 Å². The van der Waals surface area contributed by atoms with Crippen molar-refractivity contribution in [3.8, 4) is 5.75 Å². The Morgan fingerprint density at radius 2 is 1.54 bits per heavy atom.